The Hall–Kier alpha value is -3.14. The molecule has 0 amide bonds. The van der Waals surface area contributed by atoms with Gasteiger partial charge < -0.3 is 47.7 Å². The maximum atomic E-state index is 12.7. The van der Waals surface area contributed by atoms with Crippen LogP contribution in [-0.2, 0) is 57.1 Å². The quantitative estimate of drug-likeness (QED) is 0.0968. The minimum absolute atomic E-state index is 0.00289. The number of rotatable bonds is 20. The standard InChI is InChI=1S/C27H38O14/c1-5-21(18-6-8-19(9-7-18)41-17(2)29)37-15-23(26(31)35-11-10-28)39-16-24(27(32)40-13-20-12-36-20)38-14-22(33-3)25(30)34-4/h6-9,20-24,28H,5,10-16H2,1-4H3. The molecule has 5 atom stereocenters. The van der Waals surface area contributed by atoms with Crippen molar-refractivity contribution in [2.24, 2.45) is 0 Å². The van der Waals surface area contributed by atoms with Crippen molar-refractivity contribution in [1.29, 1.82) is 0 Å². The van der Waals surface area contributed by atoms with Gasteiger partial charge in [-0.2, -0.15) is 0 Å². The zero-order valence-corrected chi connectivity index (χ0v) is 23.6. The highest BCUT2D eigenvalue weighted by Gasteiger charge is 2.32. The van der Waals surface area contributed by atoms with Crippen LogP contribution in [0.2, 0.25) is 0 Å². The van der Waals surface area contributed by atoms with Gasteiger partial charge in [-0.25, -0.2) is 14.4 Å². The maximum absolute atomic E-state index is 12.7. The van der Waals surface area contributed by atoms with Crippen LogP contribution in [0.15, 0.2) is 24.3 Å². The molecule has 0 spiro atoms. The molecule has 0 saturated carbocycles. The molecule has 5 unspecified atom stereocenters. The van der Waals surface area contributed by atoms with Gasteiger partial charge in [-0.1, -0.05) is 19.1 Å². The molecular formula is C27H38O14. The molecule has 14 heteroatoms. The van der Waals surface area contributed by atoms with Crippen molar-refractivity contribution < 1.29 is 66.9 Å². The van der Waals surface area contributed by atoms with Gasteiger partial charge in [0, 0.05) is 14.0 Å². The van der Waals surface area contributed by atoms with Crippen molar-refractivity contribution in [2.75, 3.05) is 60.5 Å². The van der Waals surface area contributed by atoms with Crippen LogP contribution in [-0.4, -0.2) is 114 Å². The van der Waals surface area contributed by atoms with Crippen LogP contribution in [0, 0.1) is 0 Å². The Morgan fingerprint density at radius 2 is 1.49 bits per heavy atom. The highest BCUT2D eigenvalue weighted by molar-refractivity contribution is 5.77. The summed E-state index contributed by atoms with van der Waals surface area (Å²) in [5.74, 6) is -2.42. The average Bonchev–Trinajstić information content (AvgIpc) is 3.80. The molecule has 1 saturated heterocycles. The number of ether oxygens (including phenoxy) is 9. The molecule has 14 nitrogen and oxygen atoms in total. The zero-order chi connectivity index (χ0) is 30.2. The summed E-state index contributed by atoms with van der Waals surface area (Å²) in [5.41, 5.74) is 0.756. The lowest BCUT2D eigenvalue weighted by Crippen LogP contribution is -2.41. The predicted molar refractivity (Wildman–Crippen MR) is 138 cm³/mol. The second-order valence-electron chi connectivity index (χ2n) is 8.76. The molecule has 0 radical (unpaired) electrons. The SMILES string of the molecule is CCC(OCC(OCC(OCC(OC)C(=O)OC)C(=O)OCC1CO1)C(=O)OCCO)c1ccc(OC(C)=O)cc1. The molecule has 2 rings (SSSR count). The number of epoxide rings is 1. The molecule has 1 aliphatic heterocycles. The van der Waals surface area contributed by atoms with Crippen LogP contribution < -0.4 is 4.74 Å². The number of methoxy groups -OCH3 is 2. The third-order valence-electron chi connectivity index (χ3n) is 5.65. The van der Waals surface area contributed by atoms with E-state index in [0.717, 1.165) is 5.56 Å². The van der Waals surface area contributed by atoms with E-state index in [9.17, 15) is 19.2 Å². The van der Waals surface area contributed by atoms with E-state index in [1.807, 2.05) is 6.92 Å². The van der Waals surface area contributed by atoms with Crippen molar-refractivity contribution in [3.8, 4) is 5.75 Å². The van der Waals surface area contributed by atoms with E-state index in [4.69, 9.17) is 43.0 Å². The van der Waals surface area contributed by atoms with Crippen LogP contribution >= 0.6 is 0 Å². The van der Waals surface area contributed by atoms with E-state index in [1.165, 1.54) is 21.1 Å². The number of aliphatic hydroxyl groups is 1. The fourth-order valence-electron chi connectivity index (χ4n) is 3.38. The van der Waals surface area contributed by atoms with Crippen LogP contribution in [0.1, 0.15) is 31.9 Å². The van der Waals surface area contributed by atoms with E-state index >= 15 is 0 Å². The Morgan fingerprint density at radius 3 is 2.00 bits per heavy atom. The molecule has 0 bridgehead atoms. The number of hydrogen-bond acceptors (Lipinski definition) is 14. The lowest BCUT2D eigenvalue weighted by Gasteiger charge is -2.24. The molecule has 0 aromatic heterocycles. The zero-order valence-electron chi connectivity index (χ0n) is 23.6. The first-order valence-corrected chi connectivity index (χ1v) is 13.0. The minimum atomic E-state index is -1.35. The van der Waals surface area contributed by atoms with E-state index in [-0.39, 0.29) is 32.5 Å². The lowest BCUT2D eigenvalue weighted by atomic mass is 10.1. The van der Waals surface area contributed by atoms with Gasteiger partial charge in [0.25, 0.3) is 0 Å². The van der Waals surface area contributed by atoms with Crippen molar-refractivity contribution >= 4 is 23.9 Å². The van der Waals surface area contributed by atoms with E-state index < -0.39 is 61.5 Å². The Labute approximate surface area is 238 Å². The molecule has 0 aliphatic carbocycles. The Kier molecular flexibility index (Phi) is 15.2. The third-order valence-corrected chi connectivity index (χ3v) is 5.65. The summed E-state index contributed by atoms with van der Waals surface area (Å²) in [5, 5.41) is 9.07. The van der Waals surface area contributed by atoms with Gasteiger partial charge in [0.05, 0.1) is 46.2 Å². The normalized spacial score (nSPS) is 17.0. The predicted octanol–water partition coefficient (Wildman–Crippen LogP) is 0.516. The largest absolute Gasteiger partial charge is 0.467 e. The Balaban J connectivity index is 2.08. The first-order valence-electron chi connectivity index (χ1n) is 13.0. The molecule has 1 heterocycles. The molecule has 1 N–H and O–H groups in total. The highest BCUT2D eigenvalue weighted by Crippen LogP contribution is 2.24. The molecule has 1 aliphatic rings. The number of aliphatic hydroxyl groups excluding tert-OH is 1. The van der Waals surface area contributed by atoms with Crippen molar-refractivity contribution in [2.45, 2.75) is 50.8 Å². The van der Waals surface area contributed by atoms with Crippen LogP contribution in [0.3, 0.4) is 0 Å². The number of carbonyl (C=O) groups excluding carboxylic acids is 4. The van der Waals surface area contributed by atoms with Gasteiger partial charge in [0.15, 0.2) is 18.3 Å². The number of benzene rings is 1. The summed E-state index contributed by atoms with van der Waals surface area (Å²) in [6.45, 7) is 1.88. The summed E-state index contributed by atoms with van der Waals surface area (Å²) in [4.78, 5) is 48.4. The minimum Gasteiger partial charge on any atom is -0.467 e. The number of esters is 4. The summed E-state index contributed by atoms with van der Waals surface area (Å²) in [6, 6.07) is 6.69. The molecular weight excluding hydrogens is 548 g/mol. The molecule has 1 aromatic carbocycles. The van der Waals surface area contributed by atoms with Gasteiger partial charge in [-0.15, -0.1) is 0 Å². The number of hydrogen-bond donors (Lipinski definition) is 1. The Morgan fingerprint density at radius 1 is 0.902 bits per heavy atom. The first-order chi connectivity index (χ1) is 19.7. The smallest absolute Gasteiger partial charge is 0.337 e. The third kappa shape index (κ3) is 12.5. The Bertz CT molecular complexity index is 961. The van der Waals surface area contributed by atoms with E-state index in [2.05, 4.69) is 4.74 Å². The fraction of sp³-hybridized carbons (Fsp3) is 0.630. The van der Waals surface area contributed by atoms with E-state index in [1.54, 1.807) is 24.3 Å². The summed E-state index contributed by atoms with van der Waals surface area (Å²) >= 11 is 0. The molecule has 1 fully saturated rings. The second kappa shape index (κ2) is 18.3. The first kappa shape index (κ1) is 34.1. The second-order valence-corrected chi connectivity index (χ2v) is 8.76. The van der Waals surface area contributed by atoms with Gasteiger partial charge in [0.1, 0.15) is 25.1 Å². The van der Waals surface area contributed by atoms with Gasteiger partial charge >= 0.3 is 23.9 Å². The van der Waals surface area contributed by atoms with Crippen LogP contribution in [0.4, 0.5) is 0 Å². The average molecular weight is 587 g/mol. The van der Waals surface area contributed by atoms with Crippen LogP contribution in [0.5, 0.6) is 5.75 Å². The molecule has 41 heavy (non-hydrogen) atoms. The monoisotopic (exact) mass is 586 g/mol. The van der Waals surface area contributed by atoms with Gasteiger partial charge in [0.2, 0.25) is 0 Å². The summed E-state index contributed by atoms with van der Waals surface area (Å²) in [7, 11) is 2.46. The summed E-state index contributed by atoms with van der Waals surface area (Å²) in [6.07, 6.45) is -3.91. The fourth-order valence-corrected chi connectivity index (χ4v) is 3.38. The van der Waals surface area contributed by atoms with E-state index in [0.29, 0.717) is 18.8 Å². The van der Waals surface area contributed by atoms with Gasteiger partial charge in [-0.05, 0) is 24.1 Å². The lowest BCUT2D eigenvalue weighted by molar-refractivity contribution is -0.180. The topological polar surface area (TPSA) is 175 Å². The van der Waals surface area contributed by atoms with Crippen molar-refractivity contribution in [1.82, 2.24) is 0 Å². The van der Waals surface area contributed by atoms with Crippen LogP contribution in [0.25, 0.3) is 0 Å². The number of carbonyl (C=O) groups is 4. The molecule has 230 valence electrons. The van der Waals surface area contributed by atoms with Gasteiger partial charge in [-0.3, -0.25) is 4.79 Å². The molecule has 1 aromatic rings. The van der Waals surface area contributed by atoms with Crippen molar-refractivity contribution in [3.63, 3.8) is 0 Å². The summed E-state index contributed by atoms with van der Waals surface area (Å²) < 4.78 is 47.2. The maximum Gasteiger partial charge on any atom is 0.337 e. The highest BCUT2D eigenvalue weighted by atomic mass is 16.6. The van der Waals surface area contributed by atoms with Crippen molar-refractivity contribution in [3.05, 3.63) is 29.8 Å².